The maximum Gasteiger partial charge on any atom is 0.127 e. The molecule has 0 saturated carbocycles. The van der Waals surface area contributed by atoms with Crippen LogP contribution in [0.4, 0.5) is 0 Å². The Bertz CT molecular complexity index is 707. The number of hydrogen-bond acceptors (Lipinski definition) is 3. The Kier molecular flexibility index (Phi) is 5.18. The van der Waals surface area contributed by atoms with Crippen molar-refractivity contribution in [2.45, 2.75) is 32.6 Å². The van der Waals surface area contributed by atoms with Crippen LogP contribution in [0, 0.1) is 22.7 Å². The first kappa shape index (κ1) is 14.9. The highest BCUT2D eigenvalue weighted by Gasteiger charge is 2.08. The van der Waals surface area contributed by atoms with Crippen molar-refractivity contribution in [1.29, 1.82) is 10.5 Å². The molecule has 0 fully saturated rings. The van der Waals surface area contributed by atoms with Crippen LogP contribution in [0.5, 0.6) is 5.75 Å². The summed E-state index contributed by atoms with van der Waals surface area (Å²) < 4.78 is 5.85. The van der Waals surface area contributed by atoms with Gasteiger partial charge in [0.25, 0.3) is 0 Å². The van der Waals surface area contributed by atoms with Crippen LogP contribution >= 0.6 is 0 Å². The van der Waals surface area contributed by atoms with Crippen molar-refractivity contribution in [3.8, 4) is 17.9 Å². The second kappa shape index (κ2) is 7.31. The van der Waals surface area contributed by atoms with Gasteiger partial charge >= 0.3 is 0 Å². The molecule has 0 saturated heterocycles. The summed E-state index contributed by atoms with van der Waals surface area (Å²) in [5, 5.41) is 20.0. The summed E-state index contributed by atoms with van der Waals surface area (Å²) in [4.78, 5) is 0. The second-order valence-electron chi connectivity index (χ2n) is 5.01. The molecule has 2 rings (SSSR count). The van der Waals surface area contributed by atoms with Crippen LogP contribution in [0.2, 0.25) is 0 Å². The minimum atomic E-state index is 0.395. The summed E-state index contributed by atoms with van der Waals surface area (Å²) >= 11 is 0. The second-order valence-corrected chi connectivity index (χ2v) is 5.01. The van der Waals surface area contributed by atoms with Crippen molar-refractivity contribution in [2.75, 3.05) is 6.61 Å². The Balaban J connectivity index is 2.25. The number of nitriles is 2. The zero-order valence-electron chi connectivity index (χ0n) is 12.2. The van der Waals surface area contributed by atoms with E-state index in [1.165, 1.54) is 19.3 Å². The average molecular weight is 278 g/mol. The topological polar surface area (TPSA) is 56.8 Å². The minimum Gasteiger partial charge on any atom is -0.493 e. The standard InChI is InChI=1S/C18H18N2O/c1-2-3-4-5-9-21-18-8-6-7-14-10-15(12-19)16(13-20)11-17(14)18/h6-8,10-11H,2-5,9H2,1H3. The lowest BCUT2D eigenvalue weighted by Crippen LogP contribution is -1.98. The van der Waals surface area contributed by atoms with Crippen LogP contribution in [0.3, 0.4) is 0 Å². The zero-order valence-corrected chi connectivity index (χ0v) is 12.2. The predicted molar refractivity (Wildman–Crippen MR) is 83.0 cm³/mol. The maximum atomic E-state index is 9.13. The van der Waals surface area contributed by atoms with Crippen molar-refractivity contribution in [1.82, 2.24) is 0 Å². The first-order valence-electron chi connectivity index (χ1n) is 7.30. The van der Waals surface area contributed by atoms with E-state index in [4.69, 9.17) is 15.3 Å². The van der Waals surface area contributed by atoms with E-state index in [1.807, 2.05) is 18.2 Å². The van der Waals surface area contributed by atoms with E-state index in [-0.39, 0.29) is 0 Å². The summed E-state index contributed by atoms with van der Waals surface area (Å²) in [7, 11) is 0. The quantitative estimate of drug-likeness (QED) is 0.729. The molecule has 0 N–H and O–H groups in total. The van der Waals surface area contributed by atoms with Crippen LogP contribution in [-0.2, 0) is 0 Å². The Morgan fingerprint density at radius 1 is 1.00 bits per heavy atom. The fourth-order valence-electron chi connectivity index (χ4n) is 2.32. The number of unbranched alkanes of at least 4 members (excludes halogenated alkanes) is 3. The van der Waals surface area contributed by atoms with Gasteiger partial charge in [-0.25, -0.2) is 0 Å². The molecule has 0 aliphatic heterocycles. The lowest BCUT2D eigenvalue weighted by Gasteiger charge is -2.10. The van der Waals surface area contributed by atoms with Crippen molar-refractivity contribution < 1.29 is 4.74 Å². The number of hydrogen-bond donors (Lipinski definition) is 0. The molecule has 0 amide bonds. The molecule has 0 bridgehead atoms. The maximum absolute atomic E-state index is 9.13. The predicted octanol–water partition coefficient (Wildman–Crippen LogP) is 4.54. The van der Waals surface area contributed by atoms with Gasteiger partial charge in [-0.2, -0.15) is 10.5 Å². The van der Waals surface area contributed by atoms with Crippen LogP contribution in [0.1, 0.15) is 43.7 Å². The van der Waals surface area contributed by atoms with Gasteiger partial charge in [-0.15, -0.1) is 0 Å². The van der Waals surface area contributed by atoms with E-state index < -0.39 is 0 Å². The minimum absolute atomic E-state index is 0.395. The van der Waals surface area contributed by atoms with E-state index in [0.717, 1.165) is 22.9 Å². The summed E-state index contributed by atoms with van der Waals surface area (Å²) in [5.74, 6) is 0.782. The molecule has 106 valence electrons. The van der Waals surface area contributed by atoms with Gasteiger partial charge in [-0.3, -0.25) is 0 Å². The molecule has 0 aliphatic carbocycles. The van der Waals surface area contributed by atoms with Crippen LogP contribution in [0.15, 0.2) is 30.3 Å². The summed E-state index contributed by atoms with van der Waals surface area (Å²) in [6.45, 7) is 2.86. The third-order valence-electron chi connectivity index (χ3n) is 3.47. The van der Waals surface area contributed by atoms with Crippen LogP contribution < -0.4 is 4.74 Å². The molecule has 0 aromatic heterocycles. The molecule has 0 radical (unpaired) electrons. The van der Waals surface area contributed by atoms with Gasteiger partial charge in [0, 0.05) is 5.39 Å². The molecular formula is C18H18N2O. The number of nitrogens with zero attached hydrogens (tertiary/aromatic N) is 2. The van der Waals surface area contributed by atoms with E-state index in [9.17, 15) is 0 Å². The van der Waals surface area contributed by atoms with Crippen LogP contribution in [-0.4, -0.2) is 6.61 Å². The van der Waals surface area contributed by atoms with Gasteiger partial charge in [0.1, 0.15) is 17.9 Å². The van der Waals surface area contributed by atoms with Gasteiger partial charge in [-0.1, -0.05) is 38.3 Å². The number of fused-ring (bicyclic) bond motifs is 1. The Hall–Kier alpha value is -2.52. The average Bonchev–Trinajstić information content (AvgIpc) is 2.53. The van der Waals surface area contributed by atoms with Crippen molar-refractivity contribution in [2.24, 2.45) is 0 Å². The lowest BCUT2D eigenvalue weighted by atomic mass is 10.0. The summed E-state index contributed by atoms with van der Waals surface area (Å²) in [6, 6.07) is 13.4. The van der Waals surface area contributed by atoms with E-state index in [0.29, 0.717) is 17.7 Å². The van der Waals surface area contributed by atoms with Gasteiger partial charge in [0.15, 0.2) is 0 Å². The van der Waals surface area contributed by atoms with Crippen LogP contribution in [0.25, 0.3) is 10.8 Å². The highest BCUT2D eigenvalue weighted by molar-refractivity contribution is 5.90. The van der Waals surface area contributed by atoms with E-state index in [2.05, 4.69) is 19.1 Å². The monoisotopic (exact) mass is 278 g/mol. The molecule has 2 aromatic carbocycles. The summed E-state index contributed by atoms with van der Waals surface area (Å²) in [6.07, 6.45) is 4.63. The van der Waals surface area contributed by atoms with Gasteiger partial charge in [-0.05, 0) is 30.0 Å². The highest BCUT2D eigenvalue weighted by atomic mass is 16.5. The molecule has 21 heavy (non-hydrogen) atoms. The Morgan fingerprint density at radius 3 is 2.48 bits per heavy atom. The highest BCUT2D eigenvalue weighted by Crippen LogP contribution is 2.28. The smallest absolute Gasteiger partial charge is 0.127 e. The SMILES string of the molecule is CCCCCCOc1cccc2cc(C#N)c(C#N)cc12. The molecule has 0 aliphatic rings. The van der Waals surface area contributed by atoms with Gasteiger partial charge in [0.2, 0.25) is 0 Å². The molecule has 3 nitrogen and oxygen atoms in total. The van der Waals surface area contributed by atoms with E-state index >= 15 is 0 Å². The Morgan fingerprint density at radius 2 is 1.76 bits per heavy atom. The number of rotatable bonds is 6. The molecule has 0 atom stereocenters. The lowest BCUT2D eigenvalue weighted by molar-refractivity contribution is 0.308. The third-order valence-corrected chi connectivity index (χ3v) is 3.47. The molecular weight excluding hydrogens is 260 g/mol. The largest absolute Gasteiger partial charge is 0.493 e. The molecule has 0 spiro atoms. The first-order chi connectivity index (χ1) is 10.3. The summed E-state index contributed by atoms with van der Waals surface area (Å²) in [5.41, 5.74) is 0.803. The van der Waals surface area contributed by atoms with Crippen molar-refractivity contribution in [3.63, 3.8) is 0 Å². The van der Waals surface area contributed by atoms with Gasteiger partial charge < -0.3 is 4.74 Å². The third kappa shape index (κ3) is 3.52. The number of benzene rings is 2. The molecule has 0 heterocycles. The molecule has 0 unspecified atom stereocenters. The van der Waals surface area contributed by atoms with Gasteiger partial charge in [0.05, 0.1) is 17.7 Å². The normalized spacial score (nSPS) is 10.0. The zero-order chi connectivity index (χ0) is 15.1. The first-order valence-corrected chi connectivity index (χ1v) is 7.30. The number of ether oxygens (including phenoxy) is 1. The van der Waals surface area contributed by atoms with Crippen molar-refractivity contribution >= 4 is 10.8 Å². The molecule has 2 aromatic rings. The Labute approximate surface area is 125 Å². The molecule has 3 heteroatoms. The fraction of sp³-hybridized carbons (Fsp3) is 0.333. The van der Waals surface area contributed by atoms with E-state index in [1.54, 1.807) is 12.1 Å². The fourth-order valence-corrected chi connectivity index (χ4v) is 2.32. The van der Waals surface area contributed by atoms with Crippen molar-refractivity contribution in [3.05, 3.63) is 41.5 Å².